The van der Waals surface area contributed by atoms with Crippen LogP contribution in [0.15, 0.2) is 17.6 Å². The fourth-order valence-electron chi connectivity index (χ4n) is 4.23. The molecule has 1 aliphatic carbocycles. The second-order valence-electron chi connectivity index (χ2n) is 7.48. The zero-order valence-electron chi connectivity index (χ0n) is 14.4. The summed E-state index contributed by atoms with van der Waals surface area (Å²) in [6.45, 7) is 3.88. The van der Waals surface area contributed by atoms with E-state index in [2.05, 4.69) is 19.8 Å². The first-order valence-electron chi connectivity index (χ1n) is 9.10. The predicted molar refractivity (Wildman–Crippen MR) is 94.7 cm³/mol. The fourth-order valence-corrected chi connectivity index (χ4v) is 4.55. The van der Waals surface area contributed by atoms with Gasteiger partial charge in [0.25, 0.3) is 0 Å². The summed E-state index contributed by atoms with van der Waals surface area (Å²) >= 11 is 1.57. The zero-order valence-corrected chi connectivity index (χ0v) is 15.2. The summed E-state index contributed by atoms with van der Waals surface area (Å²) in [6, 6.07) is 0.494. The highest BCUT2D eigenvalue weighted by atomic mass is 32.2. The van der Waals surface area contributed by atoms with Crippen LogP contribution in [-0.4, -0.2) is 57.6 Å². The number of piperidine rings is 1. The molecule has 0 aromatic carbocycles. The monoisotopic (exact) mass is 346 g/mol. The summed E-state index contributed by atoms with van der Waals surface area (Å²) in [4.78, 5) is 26.2. The van der Waals surface area contributed by atoms with E-state index < -0.39 is 0 Å². The summed E-state index contributed by atoms with van der Waals surface area (Å²) < 4.78 is 0. The number of aromatic nitrogens is 2. The van der Waals surface area contributed by atoms with Gasteiger partial charge in [-0.05, 0) is 37.9 Å². The van der Waals surface area contributed by atoms with Gasteiger partial charge in [0.05, 0.1) is 0 Å². The van der Waals surface area contributed by atoms with Gasteiger partial charge < -0.3 is 4.90 Å². The number of hydrogen-bond acceptors (Lipinski definition) is 5. The van der Waals surface area contributed by atoms with Crippen LogP contribution in [0.3, 0.4) is 0 Å². The van der Waals surface area contributed by atoms with Crippen LogP contribution >= 0.6 is 11.8 Å². The van der Waals surface area contributed by atoms with Crippen molar-refractivity contribution in [3.8, 4) is 0 Å². The van der Waals surface area contributed by atoms with Crippen LogP contribution in [0.4, 0.5) is 0 Å². The van der Waals surface area contributed by atoms with Crippen LogP contribution < -0.4 is 0 Å². The van der Waals surface area contributed by atoms with E-state index in [1.54, 1.807) is 11.8 Å². The molecule has 1 aromatic rings. The normalized spacial score (nSPS) is 27.8. The maximum absolute atomic E-state index is 12.7. The lowest BCUT2D eigenvalue weighted by Gasteiger charge is -2.36. The van der Waals surface area contributed by atoms with Crippen molar-refractivity contribution in [3.63, 3.8) is 0 Å². The van der Waals surface area contributed by atoms with Gasteiger partial charge in [0, 0.05) is 56.1 Å². The Bertz CT molecular complexity index is 589. The standard InChI is InChI=1S/C18H26N4OS/c1-24-18-19-7-14(8-20-18)11-21-9-13-5-6-16(21)12-22(10-13)17(23)15-3-2-4-15/h7-8,13,15-16H,2-6,9-12H2,1H3. The third kappa shape index (κ3) is 3.31. The second kappa shape index (κ2) is 7.00. The minimum atomic E-state index is 0.323. The highest BCUT2D eigenvalue weighted by Crippen LogP contribution is 2.33. The molecule has 1 aromatic heterocycles. The quantitative estimate of drug-likeness (QED) is 0.619. The maximum Gasteiger partial charge on any atom is 0.225 e. The zero-order chi connectivity index (χ0) is 16.5. The lowest BCUT2D eigenvalue weighted by molar-refractivity contribution is -0.138. The minimum absolute atomic E-state index is 0.323. The number of amides is 1. The van der Waals surface area contributed by atoms with Crippen molar-refractivity contribution < 1.29 is 4.79 Å². The van der Waals surface area contributed by atoms with Gasteiger partial charge in [-0.3, -0.25) is 9.69 Å². The molecule has 3 saturated heterocycles. The van der Waals surface area contributed by atoms with Crippen molar-refractivity contribution in [3.05, 3.63) is 18.0 Å². The summed E-state index contributed by atoms with van der Waals surface area (Å²) in [5.74, 6) is 1.37. The number of carbonyl (C=O) groups excluding carboxylic acids is 1. The largest absolute Gasteiger partial charge is 0.341 e. The molecule has 5 nitrogen and oxygen atoms in total. The van der Waals surface area contributed by atoms with Crippen molar-refractivity contribution in [1.29, 1.82) is 0 Å². The molecule has 24 heavy (non-hydrogen) atoms. The Morgan fingerprint density at radius 3 is 2.62 bits per heavy atom. The molecule has 0 radical (unpaired) electrons. The lowest BCUT2D eigenvalue weighted by atomic mass is 9.84. The molecule has 5 rings (SSSR count). The smallest absolute Gasteiger partial charge is 0.225 e. The molecule has 0 spiro atoms. The number of nitrogens with zero attached hydrogens (tertiary/aromatic N) is 4. The summed E-state index contributed by atoms with van der Waals surface area (Å²) in [5, 5.41) is 0.827. The molecule has 4 aliphatic rings. The van der Waals surface area contributed by atoms with E-state index in [0.29, 0.717) is 23.8 Å². The summed E-state index contributed by atoms with van der Waals surface area (Å²) in [7, 11) is 0. The van der Waals surface area contributed by atoms with Crippen LogP contribution in [0.25, 0.3) is 0 Å². The molecule has 4 heterocycles. The van der Waals surface area contributed by atoms with Crippen molar-refractivity contribution in [1.82, 2.24) is 19.8 Å². The highest BCUT2D eigenvalue weighted by Gasteiger charge is 2.39. The van der Waals surface area contributed by atoms with Crippen LogP contribution in [0.2, 0.25) is 0 Å². The molecule has 2 atom stereocenters. The molecule has 6 heteroatoms. The van der Waals surface area contributed by atoms with Gasteiger partial charge >= 0.3 is 0 Å². The lowest BCUT2D eigenvalue weighted by Crippen LogP contribution is -2.45. The van der Waals surface area contributed by atoms with E-state index in [1.807, 2.05) is 18.6 Å². The third-order valence-corrected chi connectivity index (χ3v) is 6.42. The number of fused-ring (bicyclic) bond motifs is 4. The molecule has 2 bridgehead atoms. The van der Waals surface area contributed by atoms with Gasteiger partial charge in [-0.15, -0.1) is 0 Å². The highest BCUT2D eigenvalue weighted by molar-refractivity contribution is 7.98. The van der Waals surface area contributed by atoms with Gasteiger partial charge in [-0.25, -0.2) is 9.97 Å². The van der Waals surface area contributed by atoms with Crippen LogP contribution in [0.1, 0.15) is 37.7 Å². The average Bonchev–Trinajstić information content (AvgIpc) is 2.86. The number of thioether (sulfide) groups is 1. The number of carbonyl (C=O) groups is 1. The van der Waals surface area contributed by atoms with Gasteiger partial charge in [-0.2, -0.15) is 0 Å². The summed E-state index contributed by atoms with van der Waals surface area (Å²) in [5.41, 5.74) is 1.18. The molecular formula is C18H26N4OS. The summed E-state index contributed by atoms with van der Waals surface area (Å²) in [6.07, 6.45) is 11.8. The van der Waals surface area contributed by atoms with E-state index in [-0.39, 0.29) is 0 Å². The molecule has 1 saturated carbocycles. The minimum Gasteiger partial charge on any atom is -0.341 e. The first kappa shape index (κ1) is 16.3. The number of rotatable bonds is 4. The van der Waals surface area contributed by atoms with Gasteiger partial charge in [0.15, 0.2) is 5.16 Å². The Labute approximate surface area is 148 Å². The van der Waals surface area contributed by atoms with Crippen LogP contribution in [0.5, 0.6) is 0 Å². The molecule has 4 fully saturated rings. The Kier molecular flexibility index (Phi) is 4.77. The van der Waals surface area contributed by atoms with Gasteiger partial charge in [0.1, 0.15) is 0 Å². The first-order valence-corrected chi connectivity index (χ1v) is 10.3. The fraction of sp³-hybridized carbons (Fsp3) is 0.722. The van der Waals surface area contributed by atoms with E-state index in [4.69, 9.17) is 0 Å². The van der Waals surface area contributed by atoms with E-state index in [1.165, 1.54) is 24.8 Å². The average molecular weight is 347 g/mol. The molecule has 3 aliphatic heterocycles. The van der Waals surface area contributed by atoms with Gasteiger partial charge in [-0.1, -0.05) is 18.2 Å². The maximum atomic E-state index is 12.7. The molecular weight excluding hydrogens is 320 g/mol. The third-order valence-electron chi connectivity index (χ3n) is 5.84. The Hall–Kier alpha value is -1.14. The first-order chi connectivity index (χ1) is 11.7. The molecule has 0 N–H and O–H groups in total. The topological polar surface area (TPSA) is 49.3 Å². The molecule has 2 unspecified atom stereocenters. The van der Waals surface area contributed by atoms with Crippen molar-refractivity contribution in [2.45, 2.75) is 49.8 Å². The van der Waals surface area contributed by atoms with E-state index in [0.717, 1.165) is 44.2 Å². The SMILES string of the molecule is CSc1ncc(CN2CC3CCC2CN(C(=O)C2CCC2)C3)cn1. The Morgan fingerprint density at radius 2 is 1.96 bits per heavy atom. The van der Waals surface area contributed by atoms with E-state index >= 15 is 0 Å². The van der Waals surface area contributed by atoms with Gasteiger partial charge in [0.2, 0.25) is 5.91 Å². The Morgan fingerprint density at radius 1 is 1.17 bits per heavy atom. The Balaban J connectivity index is 1.43. The number of hydrogen-bond donors (Lipinski definition) is 0. The predicted octanol–water partition coefficient (Wildman–Crippen LogP) is 2.42. The molecule has 130 valence electrons. The van der Waals surface area contributed by atoms with Crippen LogP contribution in [-0.2, 0) is 11.3 Å². The molecule has 1 amide bonds. The van der Waals surface area contributed by atoms with E-state index in [9.17, 15) is 4.79 Å². The van der Waals surface area contributed by atoms with Crippen molar-refractivity contribution in [2.75, 3.05) is 25.9 Å². The second-order valence-corrected chi connectivity index (χ2v) is 8.25. The van der Waals surface area contributed by atoms with Crippen molar-refractivity contribution >= 4 is 17.7 Å². The van der Waals surface area contributed by atoms with Crippen LogP contribution in [0, 0.1) is 11.8 Å². The van der Waals surface area contributed by atoms with Crippen molar-refractivity contribution in [2.24, 2.45) is 11.8 Å².